The van der Waals surface area contributed by atoms with Crippen LogP contribution in [0.5, 0.6) is 0 Å². The number of hydrogen-bond donors (Lipinski definition) is 0. The molecule has 63 heavy (non-hydrogen) atoms. The Bertz CT molecular complexity index is 4290. The van der Waals surface area contributed by atoms with Crippen molar-refractivity contribution >= 4 is 70.9 Å². The first kappa shape index (κ1) is 31.6. The van der Waals surface area contributed by atoms with E-state index in [2.05, 4.69) is 223 Å². The predicted octanol–water partition coefficient (Wildman–Crippen LogP) is 11.6. The SMILES string of the molecule is c1ccc(-n2c3ccccc3c3cc4c5ccc6c7c5c5n(cc[n+]5C75c7c(ccc8c9ccccc9n(c78)-c7cccc[n+]75)C65c6ccccc6-c6ccccc65)c4cc32)cc1. The highest BCUT2D eigenvalue weighted by molar-refractivity contribution is 6.21. The van der Waals surface area contributed by atoms with Gasteiger partial charge in [-0.25, -0.2) is 0 Å². The fourth-order valence-electron chi connectivity index (χ4n) is 13.6. The van der Waals surface area contributed by atoms with Crippen molar-refractivity contribution in [3.63, 3.8) is 0 Å². The van der Waals surface area contributed by atoms with Gasteiger partial charge in [-0.05, 0) is 81.9 Å². The molecular formula is C58H33N5+2. The second kappa shape index (κ2) is 10.2. The minimum Gasteiger partial charge on any atom is -0.309 e. The molecule has 4 aliphatic rings. The first-order valence-electron chi connectivity index (χ1n) is 22.0. The van der Waals surface area contributed by atoms with Crippen molar-refractivity contribution in [1.82, 2.24) is 13.5 Å². The van der Waals surface area contributed by atoms with E-state index in [0.29, 0.717) is 0 Å². The van der Waals surface area contributed by atoms with Crippen LogP contribution in [0.15, 0.2) is 201 Å². The minimum atomic E-state index is -0.720. The van der Waals surface area contributed by atoms with Crippen LogP contribution in [0.2, 0.25) is 0 Å². The van der Waals surface area contributed by atoms with E-state index in [0.717, 1.165) is 11.5 Å². The van der Waals surface area contributed by atoms with Crippen molar-refractivity contribution in [1.29, 1.82) is 0 Å². The maximum absolute atomic E-state index is 2.65. The first-order valence-corrected chi connectivity index (χ1v) is 22.0. The van der Waals surface area contributed by atoms with Crippen LogP contribution in [0.1, 0.15) is 33.4 Å². The smallest absolute Gasteiger partial charge is 0.309 e. The molecule has 2 aliphatic carbocycles. The summed E-state index contributed by atoms with van der Waals surface area (Å²) >= 11 is 0. The summed E-state index contributed by atoms with van der Waals surface area (Å²) < 4.78 is 12.8. The Morgan fingerprint density at radius 3 is 1.83 bits per heavy atom. The molecule has 0 bridgehead atoms. The van der Waals surface area contributed by atoms with Crippen LogP contribution in [-0.4, -0.2) is 13.5 Å². The Hall–Kier alpha value is -8.28. The quantitative estimate of drug-likeness (QED) is 0.117. The molecule has 0 radical (unpaired) electrons. The molecule has 13 aromatic rings. The number of imidazole rings is 1. The standard InChI is InChI=1S/C58H33N5/c1-2-14-34(15-3-1)62-47-22-10-7-19-38(47)41-32-42-39-25-27-45-53-52(39)56-59(49(42)33-50(41)62)30-31-61(56)58(53)54-46(57(45)43-20-8-4-16-35(43)36-17-5-9-21-44(36)57)28-26-40-37-18-6-11-23-48(37)63(55(40)54)51-24-12-13-29-60(51)58/h1-33H/q+2. The van der Waals surface area contributed by atoms with E-state index in [1.54, 1.807) is 0 Å². The zero-order valence-electron chi connectivity index (χ0n) is 33.8. The number of hydrogen-bond acceptors (Lipinski definition) is 0. The average molecular weight is 800 g/mol. The van der Waals surface area contributed by atoms with Crippen LogP contribution >= 0.6 is 0 Å². The number of nitrogens with zero attached hydrogens (tertiary/aromatic N) is 5. The molecule has 8 aromatic carbocycles. The summed E-state index contributed by atoms with van der Waals surface area (Å²) in [6.07, 6.45) is 7.06. The molecule has 7 heterocycles. The minimum absolute atomic E-state index is 0.555. The van der Waals surface area contributed by atoms with Gasteiger partial charge in [0.25, 0.3) is 11.5 Å². The van der Waals surface area contributed by atoms with Gasteiger partial charge >= 0.3 is 5.66 Å². The molecule has 0 fully saturated rings. The van der Waals surface area contributed by atoms with Crippen molar-refractivity contribution in [2.45, 2.75) is 11.1 Å². The largest absolute Gasteiger partial charge is 0.311 e. The monoisotopic (exact) mass is 799 g/mol. The van der Waals surface area contributed by atoms with Gasteiger partial charge in [0.05, 0.1) is 33.6 Å². The van der Waals surface area contributed by atoms with Gasteiger partial charge in [0.1, 0.15) is 29.0 Å². The van der Waals surface area contributed by atoms with Crippen molar-refractivity contribution < 1.29 is 9.13 Å². The molecule has 0 amide bonds. The van der Waals surface area contributed by atoms with E-state index in [1.807, 2.05) is 0 Å². The second-order valence-electron chi connectivity index (χ2n) is 18.0. The van der Waals surface area contributed by atoms with Crippen LogP contribution in [0.4, 0.5) is 0 Å². The summed E-state index contributed by atoms with van der Waals surface area (Å²) in [5.74, 6) is 1.16. The van der Waals surface area contributed by atoms with Crippen LogP contribution in [-0.2, 0) is 11.1 Å². The number of rotatable bonds is 1. The van der Waals surface area contributed by atoms with Crippen molar-refractivity contribution in [2.75, 3.05) is 0 Å². The fraction of sp³-hybridized carbons (Fsp3) is 0.0345. The van der Waals surface area contributed by atoms with Gasteiger partial charge in [0.15, 0.2) is 5.52 Å². The first-order chi connectivity index (χ1) is 31.3. The lowest BCUT2D eigenvalue weighted by Crippen LogP contribution is -2.76. The zero-order valence-corrected chi connectivity index (χ0v) is 33.8. The van der Waals surface area contributed by atoms with E-state index < -0.39 is 11.1 Å². The highest BCUT2D eigenvalue weighted by atomic mass is 15.4. The van der Waals surface area contributed by atoms with Gasteiger partial charge < -0.3 is 4.57 Å². The summed E-state index contributed by atoms with van der Waals surface area (Å²) in [5.41, 5.74) is 18.0. The van der Waals surface area contributed by atoms with Crippen LogP contribution in [0, 0.1) is 0 Å². The third kappa shape index (κ3) is 3.15. The Morgan fingerprint density at radius 2 is 1.03 bits per heavy atom. The van der Waals surface area contributed by atoms with Gasteiger partial charge in [0, 0.05) is 50.1 Å². The van der Waals surface area contributed by atoms with Gasteiger partial charge in [-0.2, -0.15) is 18.1 Å². The van der Waals surface area contributed by atoms with E-state index in [1.165, 1.54) is 115 Å². The molecular weight excluding hydrogens is 767 g/mol. The molecule has 0 saturated heterocycles. The molecule has 0 N–H and O–H groups in total. The number of fused-ring (bicyclic) bond motifs is 18. The Balaban J connectivity index is 1.14. The maximum atomic E-state index is 2.65. The molecule has 5 nitrogen and oxygen atoms in total. The van der Waals surface area contributed by atoms with Crippen molar-refractivity contribution in [2.24, 2.45) is 0 Å². The number of benzene rings is 8. The molecule has 17 rings (SSSR count). The van der Waals surface area contributed by atoms with E-state index in [9.17, 15) is 0 Å². The summed E-state index contributed by atoms with van der Waals surface area (Å²) in [7, 11) is 0. The summed E-state index contributed by atoms with van der Waals surface area (Å²) in [6.45, 7) is 0. The molecule has 0 saturated carbocycles. The molecule has 1 atom stereocenters. The Labute approximate surface area is 359 Å². The van der Waals surface area contributed by atoms with Crippen LogP contribution in [0.3, 0.4) is 0 Å². The fourth-order valence-corrected chi connectivity index (χ4v) is 13.6. The topological polar surface area (TPSA) is 22.0 Å². The molecule has 2 spiro atoms. The third-order valence-corrected chi connectivity index (χ3v) is 15.7. The number of pyridine rings is 2. The summed E-state index contributed by atoms with van der Waals surface area (Å²) in [4.78, 5) is 0. The van der Waals surface area contributed by atoms with Gasteiger partial charge in [-0.1, -0.05) is 121 Å². The van der Waals surface area contributed by atoms with E-state index in [-0.39, 0.29) is 0 Å². The molecule has 5 aromatic heterocycles. The number of aromatic nitrogens is 5. The lowest BCUT2D eigenvalue weighted by atomic mass is 9.58. The zero-order chi connectivity index (χ0) is 40.5. The van der Waals surface area contributed by atoms with E-state index in [4.69, 9.17) is 0 Å². The predicted molar refractivity (Wildman–Crippen MR) is 250 cm³/mol. The highest BCUT2D eigenvalue weighted by Crippen LogP contribution is 2.65. The summed E-state index contributed by atoms with van der Waals surface area (Å²) in [5, 5.41) is 8.96. The second-order valence-corrected chi connectivity index (χ2v) is 18.0. The van der Waals surface area contributed by atoms with Gasteiger partial charge in [-0.3, -0.25) is 0 Å². The normalized spacial score (nSPS) is 16.8. The van der Waals surface area contributed by atoms with Gasteiger partial charge in [0.2, 0.25) is 0 Å². The molecule has 5 heteroatoms. The van der Waals surface area contributed by atoms with Crippen molar-refractivity contribution in [3.8, 4) is 22.6 Å². The van der Waals surface area contributed by atoms with Crippen molar-refractivity contribution in [3.05, 3.63) is 234 Å². The third-order valence-electron chi connectivity index (χ3n) is 15.7. The Morgan fingerprint density at radius 1 is 0.397 bits per heavy atom. The molecule has 1 unspecified atom stereocenters. The van der Waals surface area contributed by atoms with Crippen LogP contribution < -0.4 is 9.13 Å². The van der Waals surface area contributed by atoms with E-state index >= 15 is 0 Å². The lowest BCUT2D eigenvalue weighted by Gasteiger charge is -2.45. The number of para-hydroxylation sites is 3. The molecule has 288 valence electrons. The highest BCUT2D eigenvalue weighted by Gasteiger charge is 2.68. The Kier molecular flexibility index (Phi) is 5.13. The molecule has 2 aliphatic heterocycles. The van der Waals surface area contributed by atoms with Crippen LogP contribution in [0.25, 0.3) is 93.6 Å². The van der Waals surface area contributed by atoms with Gasteiger partial charge in [-0.15, -0.1) is 0 Å². The maximum Gasteiger partial charge on any atom is 0.311 e. The lowest BCUT2D eigenvalue weighted by molar-refractivity contribution is -0.956. The summed E-state index contributed by atoms with van der Waals surface area (Å²) in [6, 6.07) is 68.8. The average Bonchev–Trinajstić information content (AvgIpc) is 4.15.